The molecule has 0 amide bonds. The molecular weight excluding hydrogens is 212 g/mol. The molecule has 1 unspecified atom stereocenters. The van der Waals surface area contributed by atoms with Crippen molar-refractivity contribution in [1.29, 1.82) is 0 Å². The first-order valence-corrected chi connectivity index (χ1v) is 7.56. The molecule has 1 atom stereocenters. The molecule has 5 heteroatoms. The Morgan fingerprint density at radius 3 is 2.53 bits per heavy atom. The van der Waals surface area contributed by atoms with E-state index in [1.165, 1.54) is 19.1 Å². The number of rotatable bonds is 7. The van der Waals surface area contributed by atoms with Gasteiger partial charge in [-0.1, -0.05) is 0 Å². The van der Waals surface area contributed by atoms with Crippen LogP contribution in [0.3, 0.4) is 0 Å². The van der Waals surface area contributed by atoms with E-state index in [1.54, 1.807) is 0 Å². The summed E-state index contributed by atoms with van der Waals surface area (Å²) in [5.74, 6) is 0.222. The second-order valence-electron chi connectivity index (χ2n) is 4.66. The van der Waals surface area contributed by atoms with Crippen LogP contribution in [0.4, 0.5) is 0 Å². The lowest BCUT2D eigenvalue weighted by molar-refractivity contribution is 0.318. The molecule has 0 heterocycles. The van der Waals surface area contributed by atoms with Crippen molar-refractivity contribution in [3.05, 3.63) is 0 Å². The van der Waals surface area contributed by atoms with E-state index in [2.05, 4.69) is 17.3 Å². The Morgan fingerprint density at radius 2 is 2.07 bits per heavy atom. The summed E-state index contributed by atoms with van der Waals surface area (Å²) in [4.78, 5) is 2.33. The lowest BCUT2D eigenvalue weighted by Crippen LogP contribution is -2.38. The predicted molar refractivity (Wildman–Crippen MR) is 62.8 cm³/mol. The minimum absolute atomic E-state index is 0.0487. The van der Waals surface area contributed by atoms with Gasteiger partial charge in [-0.3, -0.25) is 0 Å². The Morgan fingerprint density at radius 1 is 1.47 bits per heavy atom. The van der Waals surface area contributed by atoms with Crippen molar-refractivity contribution in [2.75, 3.05) is 32.1 Å². The Balaban J connectivity index is 2.08. The predicted octanol–water partition coefficient (Wildman–Crippen LogP) is 0.103. The van der Waals surface area contributed by atoms with Crippen molar-refractivity contribution in [2.45, 2.75) is 31.8 Å². The summed E-state index contributed by atoms with van der Waals surface area (Å²) in [7, 11) is -0.729. The average molecular weight is 234 g/mol. The molecule has 0 aliphatic heterocycles. The second kappa shape index (κ2) is 5.27. The van der Waals surface area contributed by atoms with Gasteiger partial charge in [0.25, 0.3) is 0 Å². The molecule has 0 aromatic carbocycles. The molecule has 0 spiro atoms. The molecule has 1 fully saturated rings. The maximum Gasteiger partial charge on any atom is 0.148 e. The highest BCUT2D eigenvalue weighted by Gasteiger charge is 2.25. The van der Waals surface area contributed by atoms with Gasteiger partial charge in [-0.2, -0.15) is 0 Å². The van der Waals surface area contributed by atoms with Gasteiger partial charge in [0.1, 0.15) is 9.84 Å². The van der Waals surface area contributed by atoms with Gasteiger partial charge < -0.3 is 10.2 Å². The fraction of sp³-hybridized carbons (Fsp3) is 1.00. The standard InChI is InChI=1S/C10H22N2O2S/c1-9(8-15(3,13)14)11-6-7-12(2)10-4-5-10/h9-11H,4-8H2,1-3H3. The number of hydrogen-bond acceptors (Lipinski definition) is 4. The Bertz CT molecular complexity index is 286. The molecule has 1 aliphatic carbocycles. The molecule has 1 rings (SSSR count). The number of sulfone groups is 1. The zero-order valence-electron chi connectivity index (χ0n) is 9.86. The fourth-order valence-electron chi connectivity index (χ4n) is 1.70. The van der Waals surface area contributed by atoms with Gasteiger partial charge in [-0.05, 0) is 26.8 Å². The highest BCUT2D eigenvalue weighted by molar-refractivity contribution is 7.90. The summed E-state index contributed by atoms with van der Waals surface area (Å²) >= 11 is 0. The maximum atomic E-state index is 11.0. The maximum absolute atomic E-state index is 11.0. The summed E-state index contributed by atoms with van der Waals surface area (Å²) in [6.45, 7) is 3.78. The first-order valence-electron chi connectivity index (χ1n) is 5.50. The van der Waals surface area contributed by atoms with Gasteiger partial charge in [-0.25, -0.2) is 8.42 Å². The smallest absolute Gasteiger partial charge is 0.148 e. The Hall–Kier alpha value is -0.130. The molecular formula is C10H22N2O2S. The quantitative estimate of drug-likeness (QED) is 0.679. The number of hydrogen-bond donors (Lipinski definition) is 1. The van der Waals surface area contributed by atoms with E-state index in [9.17, 15) is 8.42 Å². The van der Waals surface area contributed by atoms with Crippen LogP contribution in [-0.4, -0.2) is 57.5 Å². The van der Waals surface area contributed by atoms with Crippen LogP contribution < -0.4 is 5.32 Å². The van der Waals surface area contributed by atoms with E-state index in [0.29, 0.717) is 0 Å². The Labute approximate surface area is 93.0 Å². The van der Waals surface area contributed by atoms with Crippen molar-refractivity contribution < 1.29 is 8.42 Å². The molecule has 0 radical (unpaired) electrons. The average Bonchev–Trinajstić information content (AvgIpc) is 2.81. The van der Waals surface area contributed by atoms with Crippen molar-refractivity contribution in [3.8, 4) is 0 Å². The van der Waals surface area contributed by atoms with E-state index in [4.69, 9.17) is 0 Å². The van der Waals surface area contributed by atoms with E-state index in [0.717, 1.165) is 19.1 Å². The summed E-state index contributed by atoms with van der Waals surface area (Å²) in [5, 5.41) is 3.23. The van der Waals surface area contributed by atoms with E-state index >= 15 is 0 Å². The normalized spacial score (nSPS) is 19.5. The first kappa shape index (κ1) is 12.9. The van der Waals surface area contributed by atoms with Gasteiger partial charge in [0.05, 0.1) is 5.75 Å². The van der Waals surface area contributed by atoms with Crippen LogP contribution in [-0.2, 0) is 9.84 Å². The third-order valence-electron chi connectivity index (χ3n) is 2.68. The molecule has 0 saturated heterocycles. The number of nitrogens with zero attached hydrogens (tertiary/aromatic N) is 1. The molecule has 4 nitrogen and oxygen atoms in total. The molecule has 1 saturated carbocycles. The molecule has 90 valence electrons. The van der Waals surface area contributed by atoms with Crippen molar-refractivity contribution in [1.82, 2.24) is 10.2 Å². The molecule has 0 aromatic heterocycles. The third kappa shape index (κ3) is 6.12. The monoisotopic (exact) mass is 234 g/mol. The third-order valence-corrected chi connectivity index (χ3v) is 3.79. The van der Waals surface area contributed by atoms with E-state index in [-0.39, 0.29) is 11.8 Å². The number of likely N-dealkylation sites (N-methyl/N-ethyl adjacent to an activating group) is 1. The summed E-state index contributed by atoms with van der Waals surface area (Å²) in [6.07, 6.45) is 3.91. The van der Waals surface area contributed by atoms with Crippen LogP contribution in [0.25, 0.3) is 0 Å². The molecule has 0 bridgehead atoms. The van der Waals surface area contributed by atoms with Crippen LogP contribution >= 0.6 is 0 Å². The van der Waals surface area contributed by atoms with Crippen LogP contribution in [0.15, 0.2) is 0 Å². The van der Waals surface area contributed by atoms with Crippen LogP contribution in [0, 0.1) is 0 Å². The zero-order valence-corrected chi connectivity index (χ0v) is 10.7. The summed E-state index contributed by atoms with van der Waals surface area (Å²) in [6, 6.07) is 0.824. The number of nitrogens with one attached hydrogen (secondary N) is 1. The summed E-state index contributed by atoms with van der Waals surface area (Å²) < 4.78 is 22.0. The van der Waals surface area contributed by atoms with Gasteiger partial charge in [0.15, 0.2) is 0 Å². The van der Waals surface area contributed by atoms with Crippen molar-refractivity contribution >= 4 is 9.84 Å². The lowest BCUT2D eigenvalue weighted by atomic mass is 10.4. The highest BCUT2D eigenvalue weighted by Crippen LogP contribution is 2.24. The molecule has 1 aliphatic rings. The Kier molecular flexibility index (Phi) is 4.55. The second-order valence-corrected chi connectivity index (χ2v) is 6.84. The molecule has 0 aromatic rings. The minimum atomic E-state index is -2.85. The van der Waals surface area contributed by atoms with Crippen molar-refractivity contribution in [2.24, 2.45) is 0 Å². The largest absolute Gasteiger partial charge is 0.312 e. The van der Waals surface area contributed by atoms with Gasteiger partial charge in [-0.15, -0.1) is 0 Å². The van der Waals surface area contributed by atoms with Crippen molar-refractivity contribution in [3.63, 3.8) is 0 Å². The van der Waals surface area contributed by atoms with E-state index in [1.807, 2.05) is 6.92 Å². The zero-order chi connectivity index (χ0) is 11.5. The van der Waals surface area contributed by atoms with Crippen LogP contribution in [0.1, 0.15) is 19.8 Å². The highest BCUT2D eigenvalue weighted by atomic mass is 32.2. The first-order chi connectivity index (χ1) is 6.88. The van der Waals surface area contributed by atoms with Gasteiger partial charge in [0.2, 0.25) is 0 Å². The summed E-state index contributed by atoms with van der Waals surface area (Å²) in [5.41, 5.74) is 0. The fourth-order valence-corrected chi connectivity index (χ4v) is 2.72. The lowest BCUT2D eigenvalue weighted by Gasteiger charge is -2.18. The molecule has 1 N–H and O–H groups in total. The van der Waals surface area contributed by atoms with E-state index < -0.39 is 9.84 Å². The van der Waals surface area contributed by atoms with Gasteiger partial charge in [0, 0.05) is 31.4 Å². The van der Waals surface area contributed by atoms with Crippen LogP contribution in [0.2, 0.25) is 0 Å². The topological polar surface area (TPSA) is 49.4 Å². The minimum Gasteiger partial charge on any atom is -0.312 e. The van der Waals surface area contributed by atoms with Crippen LogP contribution in [0.5, 0.6) is 0 Å². The van der Waals surface area contributed by atoms with Gasteiger partial charge >= 0.3 is 0 Å². The SMILES string of the molecule is CC(CS(C)(=O)=O)NCCN(C)C1CC1. The molecule has 15 heavy (non-hydrogen) atoms.